The Hall–Kier alpha value is -3.52. The highest BCUT2D eigenvalue weighted by Crippen LogP contribution is 2.50. The Balaban J connectivity index is 1.82. The number of amides is 1. The highest BCUT2D eigenvalue weighted by atomic mass is 32.1. The van der Waals surface area contributed by atoms with Gasteiger partial charge in [-0.1, -0.05) is 25.1 Å². The van der Waals surface area contributed by atoms with Gasteiger partial charge in [-0.2, -0.15) is 0 Å². The number of aromatic carboxylic acids is 1. The lowest BCUT2D eigenvalue weighted by atomic mass is 9.88. The summed E-state index contributed by atoms with van der Waals surface area (Å²) in [4.78, 5) is 25.8. The van der Waals surface area contributed by atoms with Gasteiger partial charge in [0.1, 0.15) is 10.6 Å². The molecule has 172 valence electrons. The lowest BCUT2D eigenvalue weighted by Crippen LogP contribution is -2.22. The summed E-state index contributed by atoms with van der Waals surface area (Å²) < 4.78 is 16.5. The molecule has 0 bridgehead atoms. The Kier molecular flexibility index (Phi) is 6.55. The number of carboxylic acid groups (broad SMARTS) is 1. The van der Waals surface area contributed by atoms with Gasteiger partial charge in [0.15, 0.2) is 11.5 Å². The maximum Gasteiger partial charge on any atom is 0.346 e. The van der Waals surface area contributed by atoms with Crippen LogP contribution >= 0.6 is 11.3 Å². The standard InChI is InChI=1S/C25H25NO6S/c1-4-11-32-18-10-7-15(12-19(18)31-3)17-13-20(27)26-22-21(24(25(28)29)33-23(17)22)14-5-8-16(30-2)9-6-14/h5-10,12,17H,4,11,13H2,1-3H3,(H,26,27)(H,28,29). The summed E-state index contributed by atoms with van der Waals surface area (Å²) in [5.74, 6) is 0.396. The van der Waals surface area contributed by atoms with Gasteiger partial charge in [-0.05, 0) is 41.8 Å². The summed E-state index contributed by atoms with van der Waals surface area (Å²) in [6.45, 7) is 2.60. The van der Waals surface area contributed by atoms with Crippen molar-refractivity contribution in [2.24, 2.45) is 0 Å². The molecule has 1 aromatic heterocycles. The van der Waals surface area contributed by atoms with E-state index < -0.39 is 5.97 Å². The lowest BCUT2D eigenvalue weighted by molar-refractivity contribution is -0.116. The minimum absolute atomic E-state index is 0.165. The molecule has 4 rings (SSSR count). The van der Waals surface area contributed by atoms with E-state index in [1.54, 1.807) is 38.5 Å². The van der Waals surface area contributed by atoms with Crippen molar-refractivity contribution in [2.75, 3.05) is 26.1 Å². The number of nitrogens with one attached hydrogen (secondary N) is 1. The first-order valence-electron chi connectivity index (χ1n) is 10.6. The van der Waals surface area contributed by atoms with Gasteiger partial charge in [0.05, 0.1) is 26.5 Å². The Morgan fingerprint density at radius 3 is 2.52 bits per heavy atom. The van der Waals surface area contributed by atoms with Crippen molar-refractivity contribution in [3.8, 4) is 28.4 Å². The highest BCUT2D eigenvalue weighted by molar-refractivity contribution is 7.15. The summed E-state index contributed by atoms with van der Waals surface area (Å²) in [6.07, 6.45) is 1.09. The molecule has 1 unspecified atom stereocenters. The average Bonchev–Trinajstić information content (AvgIpc) is 3.21. The summed E-state index contributed by atoms with van der Waals surface area (Å²) in [6, 6.07) is 12.8. The normalized spacial score (nSPS) is 14.9. The number of methoxy groups -OCH3 is 2. The number of carbonyl (C=O) groups is 2. The van der Waals surface area contributed by atoms with Gasteiger partial charge in [0.2, 0.25) is 5.91 Å². The number of carbonyl (C=O) groups excluding carboxylic acids is 1. The number of hydrogen-bond acceptors (Lipinski definition) is 6. The zero-order valence-electron chi connectivity index (χ0n) is 18.6. The SMILES string of the molecule is CCCOc1ccc(C2CC(=O)Nc3c2sc(C(=O)O)c3-c2ccc(OC)cc2)cc1OC. The first-order valence-corrected chi connectivity index (χ1v) is 11.4. The summed E-state index contributed by atoms with van der Waals surface area (Å²) >= 11 is 1.19. The van der Waals surface area contributed by atoms with E-state index in [0.29, 0.717) is 40.7 Å². The maximum atomic E-state index is 12.7. The van der Waals surface area contributed by atoms with E-state index >= 15 is 0 Å². The maximum absolute atomic E-state index is 12.7. The molecule has 8 heteroatoms. The lowest BCUT2D eigenvalue weighted by Gasteiger charge is -2.24. The number of anilines is 1. The molecular weight excluding hydrogens is 442 g/mol. The van der Waals surface area contributed by atoms with Crippen LogP contribution < -0.4 is 19.5 Å². The third kappa shape index (κ3) is 4.39. The van der Waals surface area contributed by atoms with E-state index in [9.17, 15) is 14.7 Å². The molecular formula is C25H25NO6S. The second kappa shape index (κ2) is 9.54. The smallest absolute Gasteiger partial charge is 0.346 e. The second-order valence-corrected chi connectivity index (χ2v) is 8.69. The van der Waals surface area contributed by atoms with Crippen LogP contribution in [0.15, 0.2) is 42.5 Å². The molecule has 2 N–H and O–H groups in total. The van der Waals surface area contributed by atoms with Crippen molar-refractivity contribution in [1.82, 2.24) is 0 Å². The van der Waals surface area contributed by atoms with Crippen LogP contribution in [0.3, 0.4) is 0 Å². The van der Waals surface area contributed by atoms with Gasteiger partial charge in [0.25, 0.3) is 0 Å². The van der Waals surface area contributed by atoms with Crippen LogP contribution in [0.4, 0.5) is 5.69 Å². The number of benzene rings is 2. The van der Waals surface area contributed by atoms with Gasteiger partial charge < -0.3 is 24.6 Å². The predicted molar refractivity (Wildman–Crippen MR) is 127 cm³/mol. The van der Waals surface area contributed by atoms with Crippen molar-refractivity contribution in [1.29, 1.82) is 0 Å². The molecule has 3 aromatic rings. The Labute approximate surface area is 195 Å². The first kappa shape index (κ1) is 22.7. The van der Waals surface area contributed by atoms with Crippen molar-refractivity contribution in [3.05, 3.63) is 57.8 Å². The monoisotopic (exact) mass is 467 g/mol. The van der Waals surface area contributed by atoms with Gasteiger partial charge >= 0.3 is 5.97 Å². The summed E-state index contributed by atoms with van der Waals surface area (Å²) in [7, 11) is 3.15. The van der Waals surface area contributed by atoms with E-state index in [1.165, 1.54) is 11.3 Å². The van der Waals surface area contributed by atoms with Crippen LogP contribution in [0.1, 0.15) is 45.8 Å². The minimum atomic E-state index is -1.03. The van der Waals surface area contributed by atoms with E-state index in [0.717, 1.165) is 16.9 Å². The zero-order valence-corrected chi connectivity index (χ0v) is 19.5. The van der Waals surface area contributed by atoms with E-state index in [1.807, 2.05) is 25.1 Å². The molecule has 0 fully saturated rings. The molecule has 2 aromatic carbocycles. The molecule has 1 atom stereocenters. The molecule has 1 aliphatic heterocycles. The summed E-state index contributed by atoms with van der Waals surface area (Å²) in [5, 5.41) is 12.9. The Morgan fingerprint density at radius 1 is 1.12 bits per heavy atom. The quantitative estimate of drug-likeness (QED) is 0.461. The zero-order chi connectivity index (χ0) is 23.5. The molecule has 0 saturated carbocycles. The fourth-order valence-corrected chi connectivity index (χ4v) is 5.22. The molecule has 2 heterocycles. The van der Waals surface area contributed by atoms with E-state index in [4.69, 9.17) is 14.2 Å². The number of fused-ring (bicyclic) bond motifs is 1. The number of hydrogen-bond donors (Lipinski definition) is 2. The van der Waals surface area contributed by atoms with E-state index in [2.05, 4.69) is 5.32 Å². The number of rotatable bonds is 8. The topological polar surface area (TPSA) is 94.1 Å². The molecule has 1 aliphatic rings. The van der Waals surface area contributed by atoms with Crippen molar-refractivity contribution < 1.29 is 28.9 Å². The fourth-order valence-electron chi connectivity index (χ4n) is 3.97. The predicted octanol–water partition coefficient (Wildman–Crippen LogP) is 5.39. The number of ether oxygens (including phenoxy) is 3. The average molecular weight is 468 g/mol. The van der Waals surface area contributed by atoms with Gasteiger partial charge in [0, 0.05) is 22.8 Å². The van der Waals surface area contributed by atoms with Crippen LogP contribution in [0.25, 0.3) is 11.1 Å². The van der Waals surface area contributed by atoms with Crippen molar-refractivity contribution in [2.45, 2.75) is 25.7 Å². The van der Waals surface area contributed by atoms with Crippen LogP contribution in [-0.4, -0.2) is 37.8 Å². The minimum Gasteiger partial charge on any atom is -0.497 e. The van der Waals surface area contributed by atoms with E-state index in [-0.39, 0.29) is 23.1 Å². The molecule has 0 aliphatic carbocycles. The van der Waals surface area contributed by atoms with Crippen molar-refractivity contribution in [3.63, 3.8) is 0 Å². The first-order chi connectivity index (χ1) is 16.0. The van der Waals surface area contributed by atoms with Crippen LogP contribution in [0.5, 0.6) is 17.2 Å². The Bertz CT molecular complexity index is 1180. The van der Waals surface area contributed by atoms with Gasteiger partial charge in [-0.3, -0.25) is 4.79 Å². The van der Waals surface area contributed by atoms with Crippen LogP contribution in [-0.2, 0) is 4.79 Å². The molecule has 0 saturated heterocycles. The largest absolute Gasteiger partial charge is 0.497 e. The molecule has 7 nitrogen and oxygen atoms in total. The Morgan fingerprint density at radius 2 is 1.88 bits per heavy atom. The molecule has 33 heavy (non-hydrogen) atoms. The number of carboxylic acids is 1. The molecule has 0 spiro atoms. The summed E-state index contributed by atoms with van der Waals surface area (Å²) in [5.41, 5.74) is 2.63. The van der Waals surface area contributed by atoms with Crippen molar-refractivity contribution >= 4 is 28.9 Å². The van der Waals surface area contributed by atoms with Gasteiger partial charge in [-0.25, -0.2) is 4.79 Å². The third-order valence-electron chi connectivity index (χ3n) is 5.53. The molecule has 1 amide bonds. The van der Waals surface area contributed by atoms with Crippen LogP contribution in [0.2, 0.25) is 0 Å². The fraction of sp³-hybridized carbons (Fsp3) is 0.280. The van der Waals surface area contributed by atoms with Crippen LogP contribution in [0, 0.1) is 0 Å². The molecule has 0 radical (unpaired) electrons. The highest BCUT2D eigenvalue weighted by Gasteiger charge is 2.34. The second-order valence-electron chi connectivity index (χ2n) is 7.64. The number of thiophene rings is 1. The van der Waals surface area contributed by atoms with Gasteiger partial charge in [-0.15, -0.1) is 11.3 Å². The third-order valence-corrected chi connectivity index (χ3v) is 6.82.